The summed E-state index contributed by atoms with van der Waals surface area (Å²) in [6, 6.07) is 0. The summed E-state index contributed by atoms with van der Waals surface area (Å²) in [6.45, 7) is 0. The summed E-state index contributed by atoms with van der Waals surface area (Å²) >= 11 is 0. The second-order valence-electron chi connectivity index (χ2n) is 0.710. The van der Waals surface area contributed by atoms with Gasteiger partial charge in [-0.2, -0.15) is 0 Å². The van der Waals surface area contributed by atoms with E-state index in [1.54, 1.807) is 0 Å². The van der Waals surface area contributed by atoms with Gasteiger partial charge in [-0.1, -0.05) is 0 Å². The lowest BCUT2D eigenvalue weighted by molar-refractivity contribution is -0.133. The predicted molar refractivity (Wildman–Crippen MR) is 22.1 cm³/mol. The first kappa shape index (κ1) is 5.57. The molecule has 0 aliphatic rings. The molecular formula is C2H4NO2P. The Hall–Kier alpha value is -0.430. The topological polar surface area (TPSA) is 61.2 Å². The van der Waals surface area contributed by atoms with Crippen LogP contribution in [-0.2, 0) is 4.79 Å². The maximum atomic E-state index is 9.47. The van der Waals surface area contributed by atoms with E-state index < -0.39 is 5.97 Å². The Kier molecular flexibility index (Phi) is 2.59. The van der Waals surface area contributed by atoms with Gasteiger partial charge >= 0.3 is 5.97 Å². The van der Waals surface area contributed by atoms with Gasteiger partial charge in [0.2, 0.25) is 0 Å². The maximum absolute atomic E-state index is 9.47. The molecule has 0 radical (unpaired) electrons. The molecular weight excluding hydrogens is 101 g/mol. The molecule has 0 rings (SSSR count). The zero-order valence-corrected chi connectivity index (χ0v) is 3.90. The highest BCUT2D eigenvalue weighted by atomic mass is 31.1. The van der Waals surface area contributed by atoms with Gasteiger partial charge in [-0.25, -0.2) is 0 Å². The molecule has 0 aliphatic heterocycles. The minimum absolute atomic E-state index is 0.0694. The number of carbonyl (C=O) groups is 1. The average Bonchev–Trinajstić information content (AvgIpc) is 1.35. The first-order valence-electron chi connectivity index (χ1n) is 1.32. The predicted octanol–water partition coefficient (Wildman–Crippen LogP) is 0.780. The molecule has 0 aromatic carbocycles. The molecule has 4 heteroatoms. The zero-order valence-electron chi connectivity index (χ0n) is 3.01. The number of nitrogens with one attached hydrogen (secondary N) is 1. The molecule has 6 heavy (non-hydrogen) atoms. The van der Waals surface area contributed by atoms with Gasteiger partial charge in [-0.3, -0.25) is 9.96 Å². The van der Waals surface area contributed by atoms with Crippen molar-refractivity contribution >= 4 is 14.3 Å². The number of carboxylic acid groups (broad SMARTS) is 1. The van der Waals surface area contributed by atoms with Gasteiger partial charge in [0, 0.05) is 8.37 Å². The Morgan fingerprint density at radius 1 is 2.00 bits per heavy atom. The summed E-state index contributed by atoms with van der Waals surface area (Å²) in [4.78, 5) is 9.47. The highest BCUT2D eigenvalue weighted by Gasteiger charge is 1.86. The molecule has 0 spiro atoms. The van der Waals surface area contributed by atoms with Gasteiger partial charge in [-0.15, -0.1) is 0 Å². The molecule has 3 nitrogen and oxygen atoms in total. The van der Waals surface area contributed by atoms with Crippen molar-refractivity contribution < 1.29 is 9.90 Å². The first-order chi connectivity index (χ1) is 2.77. The second-order valence-corrected chi connectivity index (χ2v) is 1.34. The van der Waals surface area contributed by atoms with Crippen LogP contribution in [0.3, 0.4) is 0 Å². The van der Waals surface area contributed by atoms with Crippen molar-refractivity contribution in [2.24, 2.45) is 0 Å². The highest BCUT2D eigenvalue weighted by molar-refractivity contribution is 7.26. The fraction of sp³-hybridized carbons (Fsp3) is 0.500. The van der Waals surface area contributed by atoms with E-state index in [0.29, 0.717) is 0 Å². The minimum atomic E-state index is -0.910. The summed E-state index contributed by atoms with van der Waals surface area (Å²) in [5.41, 5.74) is 0. The van der Waals surface area contributed by atoms with Crippen LogP contribution in [0, 0.1) is 5.16 Å². The third kappa shape index (κ3) is 3.57. The fourth-order valence-corrected chi connectivity index (χ4v) is 0.203. The third-order valence-corrected chi connectivity index (χ3v) is 0.643. The lowest BCUT2D eigenvalue weighted by Crippen LogP contribution is -1.92. The number of aliphatic carboxylic acids is 1. The van der Waals surface area contributed by atoms with Gasteiger partial charge in [0.25, 0.3) is 0 Å². The van der Waals surface area contributed by atoms with E-state index in [9.17, 15) is 4.79 Å². The van der Waals surface area contributed by atoms with E-state index in [1.165, 1.54) is 0 Å². The van der Waals surface area contributed by atoms with Crippen LogP contribution >= 0.6 is 8.37 Å². The summed E-state index contributed by atoms with van der Waals surface area (Å²) in [5.74, 6) is -0.910. The molecule has 0 atom stereocenters. The Balaban J connectivity index is 3.05. The monoisotopic (exact) mass is 105 g/mol. The number of hydrogen-bond acceptors (Lipinski definition) is 2. The van der Waals surface area contributed by atoms with Crippen molar-refractivity contribution in [2.75, 3.05) is 6.16 Å². The van der Waals surface area contributed by atoms with Crippen LogP contribution in [0.25, 0.3) is 0 Å². The molecule has 0 unspecified atom stereocenters. The summed E-state index contributed by atoms with van der Waals surface area (Å²) in [7, 11) is 0.174. The van der Waals surface area contributed by atoms with Gasteiger partial charge in [0.1, 0.15) is 6.16 Å². The summed E-state index contributed by atoms with van der Waals surface area (Å²) in [6.07, 6.45) is -0.0694. The smallest absolute Gasteiger partial charge is 0.313 e. The molecule has 0 saturated heterocycles. The normalized spacial score (nSPS) is 8.67. The Labute approximate surface area is 36.7 Å². The quantitative estimate of drug-likeness (QED) is 0.509. The molecule has 2 N–H and O–H groups in total. The molecule has 0 aromatic heterocycles. The number of rotatable bonds is 2. The molecule has 0 aliphatic carbocycles. The van der Waals surface area contributed by atoms with E-state index in [4.69, 9.17) is 10.3 Å². The Morgan fingerprint density at radius 2 is 2.50 bits per heavy atom. The molecule has 0 amide bonds. The standard InChI is InChI=1S/C2H4NO2P/c3-6-1-2(4)5/h3H,1H2,(H,4,5). The molecule has 0 aromatic rings. The van der Waals surface area contributed by atoms with Gasteiger partial charge in [-0.05, 0) is 0 Å². The minimum Gasteiger partial charge on any atom is -0.481 e. The fourth-order valence-electron chi connectivity index (χ4n) is 0.0676. The SMILES string of the molecule is N=PCC(=O)O. The maximum Gasteiger partial charge on any atom is 0.313 e. The van der Waals surface area contributed by atoms with E-state index in [1.807, 2.05) is 0 Å². The van der Waals surface area contributed by atoms with Crippen molar-refractivity contribution in [3.8, 4) is 0 Å². The molecule has 34 valence electrons. The highest BCUT2D eigenvalue weighted by Crippen LogP contribution is 1.87. The first-order valence-corrected chi connectivity index (χ1v) is 2.40. The van der Waals surface area contributed by atoms with E-state index >= 15 is 0 Å². The van der Waals surface area contributed by atoms with Crippen molar-refractivity contribution in [3.05, 3.63) is 0 Å². The van der Waals surface area contributed by atoms with Crippen LogP contribution < -0.4 is 0 Å². The van der Waals surface area contributed by atoms with E-state index in [2.05, 4.69) is 0 Å². The van der Waals surface area contributed by atoms with E-state index in [0.717, 1.165) is 0 Å². The van der Waals surface area contributed by atoms with Gasteiger partial charge in [0.05, 0.1) is 0 Å². The van der Waals surface area contributed by atoms with Crippen LogP contribution in [0.4, 0.5) is 0 Å². The van der Waals surface area contributed by atoms with Gasteiger partial charge < -0.3 is 5.11 Å². The zero-order chi connectivity index (χ0) is 4.99. The second kappa shape index (κ2) is 2.79. The van der Waals surface area contributed by atoms with Crippen LogP contribution in [0.15, 0.2) is 0 Å². The molecule has 0 heterocycles. The van der Waals surface area contributed by atoms with Crippen LogP contribution in [0.5, 0.6) is 0 Å². The van der Waals surface area contributed by atoms with Crippen molar-refractivity contribution in [2.45, 2.75) is 0 Å². The number of hydrogen-bond donors (Lipinski definition) is 2. The Morgan fingerprint density at radius 3 is 2.50 bits per heavy atom. The molecule has 0 bridgehead atoms. The number of carboxylic acids is 1. The van der Waals surface area contributed by atoms with Crippen molar-refractivity contribution in [3.63, 3.8) is 0 Å². The van der Waals surface area contributed by atoms with Crippen molar-refractivity contribution in [1.29, 1.82) is 5.16 Å². The molecule has 0 fully saturated rings. The van der Waals surface area contributed by atoms with E-state index in [-0.39, 0.29) is 14.5 Å². The summed E-state index contributed by atoms with van der Waals surface area (Å²) in [5, 5.41) is 14.1. The lowest BCUT2D eigenvalue weighted by Gasteiger charge is -1.73. The average molecular weight is 105 g/mol. The third-order valence-electron chi connectivity index (χ3n) is 0.214. The van der Waals surface area contributed by atoms with Gasteiger partial charge in [0.15, 0.2) is 0 Å². The van der Waals surface area contributed by atoms with Crippen LogP contribution in [-0.4, -0.2) is 17.2 Å². The largest absolute Gasteiger partial charge is 0.481 e. The lowest BCUT2D eigenvalue weighted by atomic mass is 10.8. The Bertz CT molecular complexity index is 71.9. The molecule has 0 saturated carbocycles. The van der Waals surface area contributed by atoms with Crippen molar-refractivity contribution in [1.82, 2.24) is 0 Å². The summed E-state index contributed by atoms with van der Waals surface area (Å²) < 4.78 is 0. The van der Waals surface area contributed by atoms with Crippen LogP contribution in [0.1, 0.15) is 0 Å². The van der Waals surface area contributed by atoms with Crippen LogP contribution in [0.2, 0.25) is 0 Å².